The Balaban J connectivity index is 2.26. The van der Waals surface area contributed by atoms with E-state index in [1.165, 1.54) is 6.07 Å². The number of hydrogen-bond acceptors (Lipinski definition) is 8. The van der Waals surface area contributed by atoms with Gasteiger partial charge in [-0.3, -0.25) is 20.2 Å². The standard InChI is InChI=1S/C13H8N2O9/c16-12(17)8-2-1-3-9(14(19)20)11(8)13(18)23-6-7-4-5-10(24-7)15(21)22/h1-5H,6H2,(H,16,17). The molecule has 0 amide bonds. The quantitative estimate of drug-likeness (QED) is 0.472. The van der Waals surface area contributed by atoms with Gasteiger partial charge in [0.05, 0.1) is 16.6 Å². The molecule has 2 aromatic rings. The molecule has 0 atom stereocenters. The number of carbonyl (C=O) groups excluding carboxylic acids is 1. The van der Waals surface area contributed by atoms with E-state index in [4.69, 9.17) is 14.3 Å². The molecule has 0 bridgehead atoms. The lowest BCUT2D eigenvalue weighted by Crippen LogP contribution is -2.14. The number of nitro benzene ring substituents is 1. The molecule has 0 unspecified atom stereocenters. The van der Waals surface area contributed by atoms with Crippen molar-refractivity contribution in [3.05, 3.63) is 67.4 Å². The van der Waals surface area contributed by atoms with Crippen LogP contribution in [0.2, 0.25) is 0 Å². The summed E-state index contributed by atoms with van der Waals surface area (Å²) in [4.78, 5) is 42.9. The van der Waals surface area contributed by atoms with Crippen LogP contribution >= 0.6 is 0 Å². The first kappa shape index (κ1) is 16.6. The molecule has 24 heavy (non-hydrogen) atoms. The zero-order chi connectivity index (χ0) is 17.9. The van der Waals surface area contributed by atoms with Gasteiger partial charge in [-0.2, -0.15) is 0 Å². The van der Waals surface area contributed by atoms with Crippen molar-refractivity contribution in [3.8, 4) is 0 Å². The Labute approximate surface area is 132 Å². The van der Waals surface area contributed by atoms with Gasteiger partial charge < -0.3 is 14.3 Å². The fourth-order valence-corrected chi connectivity index (χ4v) is 1.84. The molecule has 0 saturated carbocycles. The summed E-state index contributed by atoms with van der Waals surface area (Å²) >= 11 is 0. The summed E-state index contributed by atoms with van der Waals surface area (Å²) in [5.41, 5.74) is -2.05. The van der Waals surface area contributed by atoms with Gasteiger partial charge in [-0.1, -0.05) is 6.07 Å². The first-order valence-electron chi connectivity index (χ1n) is 6.22. The summed E-state index contributed by atoms with van der Waals surface area (Å²) in [6.07, 6.45) is 0. The van der Waals surface area contributed by atoms with E-state index in [9.17, 15) is 29.8 Å². The highest BCUT2D eigenvalue weighted by Crippen LogP contribution is 2.24. The van der Waals surface area contributed by atoms with Crippen LogP contribution in [0.5, 0.6) is 0 Å². The molecule has 0 saturated heterocycles. The molecule has 1 aromatic carbocycles. The lowest BCUT2D eigenvalue weighted by molar-refractivity contribution is -0.402. The number of nitro groups is 2. The maximum Gasteiger partial charge on any atom is 0.433 e. The monoisotopic (exact) mass is 336 g/mol. The lowest BCUT2D eigenvalue weighted by Gasteiger charge is -2.06. The zero-order valence-corrected chi connectivity index (χ0v) is 11.7. The molecule has 124 valence electrons. The fraction of sp³-hybridized carbons (Fsp3) is 0.0769. The summed E-state index contributed by atoms with van der Waals surface area (Å²) in [5, 5.41) is 30.5. The summed E-state index contributed by atoms with van der Waals surface area (Å²) in [5.74, 6) is -3.46. The minimum Gasteiger partial charge on any atom is -0.478 e. The van der Waals surface area contributed by atoms with Crippen LogP contribution in [0.15, 0.2) is 34.7 Å². The van der Waals surface area contributed by atoms with Crippen LogP contribution in [0.4, 0.5) is 11.6 Å². The fourth-order valence-electron chi connectivity index (χ4n) is 1.84. The van der Waals surface area contributed by atoms with Crippen molar-refractivity contribution in [2.24, 2.45) is 0 Å². The largest absolute Gasteiger partial charge is 0.478 e. The van der Waals surface area contributed by atoms with Gasteiger partial charge in [0.25, 0.3) is 5.69 Å². The second kappa shape index (κ2) is 6.56. The summed E-state index contributed by atoms with van der Waals surface area (Å²) in [6, 6.07) is 5.32. The number of furan rings is 1. The first-order valence-corrected chi connectivity index (χ1v) is 6.22. The Morgan fingerprint density at radius 2 is 1.83 bits per heavy atom. The molecule has 0 aliphatic rings. The number of hydrogen-bond donors (Lipinski definition) is 1. The Morgan fingerprint density at radius 3 is 2.38 bits per heavy atom. The molecule has 11 heteroatoms. The number of aromatic carboxylic acids is 1. The summed E-state index contributed by atoms with van der Waals surface area (Å²) in [6.45, 7) is -0.558. The Morgan fingerprint density at radius 1 is 1.12 bits per heavy atom. The van der Waals surface area contributed by atoms with E-state index < -0.39 is 51.1 Å². The number of ether oxygens (including phenoxy) is 1. The molecule has 11 nitrogen and oxygen atoms in total. The molecule has 1 heterocycles. The lowest BCUT2D eigenvalue weighted by atomic mass is 10.1. The maximum atomic E-state index is 12.0. The molecule has 1 aromatic heterocycles. The summed E-state index contributed by atoms with van der Waals surface area (Å²) in [7, 11) is 0. The topological polar surface area (TPSA) is 163 Å². The van der Waals surface area contributed by atoms with Gasteiger partial charge in [0, 0.05) is 6.07 Å². The van der Waals surface area contributed by atoms with Crippen molar-refractivity contribution in [2.75, 3.05) is 0 Å². The normalized spacial score (nSPS) is 10.2. The van der Waals surface area contributed by atoms with Crippen LogP contribution < -0.4 is 0 Å². The third kappa shape index (κ3) is 3.35. The Hall–Kier alpha value is -3.76. The second-order valence-corrected chi connectivity index (χ2v) is 4.34. The number of carboxylic acids is 1. The molecule has 0 radical (unpaired) electrons. The van der Waals surface area contributed by atoms with Crippen LogP contribution in [0.3, 0.4) is 0 Å². The van der Waals surface area contributed by atoms with Crippen molar-refractivity contribution in [3.63, 3.8) is 0 Å². The van der Waals surface area contributed by atoms with Gasteiger partial charge in [0.1, 0.15) is 17.3 Å². The minimum absolute atomic E-state index is 0.0782. The van der Waals surface area contributed by atoms with E-state index in [-0.39, 0.29) is 5.76 Å². The maximum absolute atomic E-state index is 12.0. The molecule has 0 aliphatic carbocycles. The average molecular weight is 336 g/mol. The Kier molecular flexibility index (Phi) is 4.54. The zero-order valence-electron chi connectivity index (χ0n) is 11.7. The molecule has 1 N–H and O–H groups in total. The number of nitrogens with zero attached hydrogens (tertiary/aromatic N) is 2. The number of carbonyl (C=O) groups is 2. The molecule has 0 aliphatic heterocycles. The van der Waals surface area contributed by atoms with E-state index in [0.29, 0.717) is 0 Å². The van der Waals surface area contributed by atoms with Gasteiger partial charge in [-0.15, -0.1) is 0 Å². The van der Waals surface area contributed by atoms with Gasteiger partial charge in [0.2, 0.25) is 0 Å². The first-order chi connectivity index (χ1) is 11.3. The number of rotatable bonds is 6. The van der Waals surface area contributed by atoms with E-state index in [1.807, 2.05) is 0 Å². The SMILES string of the molecule is O=C(O)c1cccc([N+](=O)[O-])c1C(=O)OCc1ccc([N+](=O)[O-])o1. The van der Waals surface area contributed by atoms with E-state index >= 15 is 0 Å². The highest BCUT2D eigenvalue weighted by molar-refractivity contribution is 6.05. The van der Waals surface area contributed by atoms with Crippen molar-refractivity contribution in [1.82, 2.24) is 0 Å². The van der Waals surface area contributed by atoms with Crippen molar-refractivity contribution in [2.45, 2.75) is 6.61 Å². The van der Waals surface area contributed by atoms with Crippen LogP contribution in [-0.2, 0) is 11.3 Å². The van der Waals surface area contributed by atoms with Crippen LogP contribution in [0.1, 0.15) is 26.5 Å². The predicted octanol–water partition coefficient (Wildman–Crippen LogP) is 2.15. The summed E-state index contributed by atoms with van der Waals surface area (Å²) < 4.78 is 9.53. The van der Waals surface area contributed by atoms with E-state index in [1.54, 1.807) is 0 Å². The molecular formula is C13H8N2O9. The van der Waals surface area contributed by atoms with Crippen molar-refractivity contribution in [1.29, 1.82) is 0 Å². The van der Waals surface area contributed by atoms with Crippen molar-refractivity contribution < 1.29 is 33.7 Å². The number of esters is 1. The number of carboxylic acid groups (broad SMARTS) is 1. The van der Waals surface area contributed by atoms with Gasteiger partial charge >= 0.3 is 17.8 Å². The van der Waals surface area contributed by atoms with Gasteiger partial charge in [-0.25, -0.2) is 9.59 Å². The molecule has 0 fully saturated rings. The molecule has 2 rings (SSSR count). The van der Waals surface area contributed by atoms with Crippen LogP contribution in [0.25, 0.3) is 0 Å². The highest BCUT2D eigenvalue weighted by atomic mass is 16.7. The minimum atomic E-state index is -1.54. The second-order valence-electron chi connectivity index (χ2n) is 4.34. The van der Waals surface area contributed by atoms with Crippen molar-refractivity contribution >= 4 is 23.5 Å². The molecule has 0 spiro atoms. The van der Waals surface area contributed by atoms with Crippen LogP contribution in [-0.4, -0.2) is 26.9 Å². The van der Waals surface area contributed by atoms with E-state index in [0.717, 1.165) is 24.3 Å². The molecular weight excluding hydrogens is 328 g/mol. The van der Waals surface area contributed by atoms with Gasteiger partial charge in [-0.05, 0) is 12.1 Å². The average Bonchev–Trinajstić information content (AvgIpc) is 3.00. The Bertz CT molecular complexity index is 807. The van der Waals surface area contributed by atoms with Crippen LogP contribution in [0, 0.1) is 20.2 Å². The third-order valence-electron chi connectivity index (χ3n) is 2.85. The highest BCUT2D eigenvalue weighted by Gasteiger charge is 2.28. The number of benzene rings is 1. The predicted molar refractivity (Wildman–Crippen MR) is 74.5 cm³/mol. The smallest absolute Gasteiger partial charge is 0.433 e. The van der Waals surface area contributed by atoms with E-state index in [2.05, 4.69) is 0 Å². The van der Waals surface area contributed by atoms with Gasteiger partial charge in [0.15, 0.2) is 5.56 Å². The third-order valence-corrected chi connectivity index (χ3v) is 2.85.